The lowest BCUT2D eigenvalue weighted by Gasteiger charge is -2.29. The summed E-state index contributed by atoms with van der Waals surface area (Å²) in [5.41, 5.74) is 1.04. The largest absolute Gasteiger partial charge is 0.497 e. The van der Waals surface area contributed by atoms with Gasteiger partial charge in [0.2, 0.25) is 0 Å². The first kappa shape index (κ1) is 21.3. The fourth-order valence-corrected chi connectivity index (χ4v) is 3.45. The highest BCUT2D eigenvalue weighted by Crippen LogP contribution is 2.30. The predicted molar refractivity (Wildman–Crippen MR) is 108 cm³/mol. The summed E-state index contributed by atoms with van der Waals surface area (Å²) in [6.07, 6.45) is 1.39. The Balaban J connectivity index is 2.05. The number of urea groups is 1. The van der Waals surface area contributed by atoms with Crippen LogP contribution in [0.25, 0.3) is 0 Å². The van der Waals surface area contributed by atoms with Crippen LogP contribution in [0.5, 0.6) is 5.75 Å². The van der Waals surface area contributed by atoms with Gasteiger partial charge in [0, 0.05) is 0 Å². The van der Waals surface area contributed by atoms with Crippen molar-refractivity contribution in [2.45, 2.75) is 19.5 Å². The van der Waals surface area contributed by atoms with E-state index in [9.17, 15) is 19.7 Å². The van der Waals surface area contributed by atoms with Gasteiger partial charge in [-0.2, -0.15) is 4.68 Å². The Kier molecular flexibility index (Phi) is 6.35. The van der Waals surface area contributed by atoms with Crippen molar-refractivity contribution in [3.05, 3.63) is 61.9 Å². The van der Waals surface area contributed by atoms with Crippen LogP contribution in [0.2, 0.25) is 0 Å². The Morgan fingerprint density at radius 3 is 2.63 bits per heavy atom. The first-order valence-corrected chi connectivity index (χ1v) is 9.62. The average Bonchev–Trinajstić information content (AvgIpc) is 3.08. The molecule has 2 heterocycles. The van der Waals surface area contributed by atoms with Gasteiger partial charge in [0.1, 0.15) is 16.8 Å². The summed E-state index contributed by atoms with van der Waals surface area (Å²) in [6.45, 7) is 1.72. The molecule has 11 nitrogen and oxygen atoms in total. The van der Waals surface area contributed by atoms with Crippen molar-refractivity contribution in [3.8, 4) is 5.75 Å². The molecule has 0 bridgehead atoms. The van der Waals surface area contributed by atoms with Crippen LogP contribution in [-0.4, -0.2) is 40.4 Å². The standard InChI is InChI=1S/C18H18BrN5O6/c1-3-30-17(25)14-13(9-23-8-12(19)16(22-23)24(27)28)20-18(26)21-15(14)10-4-6-11(29-2)7-5-10/h4-8,15H,3,9H2,1-2H3,(H2,20,21,26). The Bertz CT molecular complexity index is 1020. The van der Waals surface area contributed by atoms with Crippen molar-refractivity contribution in [2.75, 3.05) is 13.7 Å². The molecule has 0 radical (unpaired) electrons. The minimum atomic E-state index is -0.785. The van der Waals surface area contributed by atoms with E-state index in [1.54, 1.807) is 31.2 Å². The first-order valence-electron chi connectivity index (χ1n) is 8.83. The lowest BCUT2D eigenvalue weighted by Crippen LogP contribution is -2.46. The van der Waals surface area contributed by atoms with E-state index in [0.717, 1.165) is 0 Å². The predicted octanol–water partition coefficient (Wildman–Crippen LogP) is 2.43. The van der Waals surface area contributed by atoms with E-state index in [-0.39, 0.29) is 34.7 Å². The van der Waals surface area contributed by atoms with Gasteiger partial charge in [-0.25, -0.2) is 9.59 Å². The number of ether oxygens (including phenoxy) is 2. The molecule has 158 valence electrons. The van der Waals surface area contributed by atoms with Crippen LogP contribution in [0, 0.1) is 10.1 Å². The van der Waals surface area contributed by atoms with E-state index in [2.05, 4.69) is 31.7 Å². The highest BCUT2D eigenvalue weighted by molar-refractivity contribution is 9.10. The zero-order chi connectivity index (χ0) is 21.8. The highest BCUT2D eigenvalue weighted by Gasteiger charge is 2.34. The molecule has 2 N–H and O–H groups in total. The Morgan fingerprint density at radius 2 is 2.07 bits per heavy atom. The van der Waals surface area contributed by atoms with Crippen LogP contribution in [-0.2, 0) is 16.1 Å². The third kappa shape index (κ3) is 4.43. The topological polar surface area (TPSA) is 138 Å². The summed E-state index contributed by atoms with van der Waals surface area (Å²) in [5.74, 6) is -0.378. The number of halogens is 1. The summed E-state index contributed by atoms with van der Waals surface area (Å²) in [5, 5.41) is 20.2. The molecule has 2 aromatic rings. The third-order valence-corrected chi connectivity index (χ3v) is 4.85. The molecule has 1 aromatic carbocycles. The minimum Gasteiger partial charge on any atom is -0.497 e. The van der Waals surface area contributed by atoms with E-state index in [0.29, 0.717) is 11.3 Å². The monoisotopic (exact) mass is 479 g/mol. The minimum absolute atomic E-state index is 0.0827. The zero-order valence-corrected chi connectivity index (χ0v) is 17.6. The molecule has 1 aliphatic heterocycles. The molecule has 30 heavy (non-hydrogen) atoms. The molecule has 0 fully saturated rings. The average molecular weight is 480 g/mol. The van der Waals surface area contributed by atoms with Crippen molar-refractivity contribution in [1.29, 1.82) is 0 Å². The van der Waals surface area contributed by atoms with Gasteiger partial charge >= 0.3 is 17.8 Å². The molecular formula is C18H18BrN5O6. The van der Waals surface area contributed by atoms with Crippen molar-refractivity contribution < 1.29 is 24.0 Å². The molecule has 0 aliphatic carbocycles. The molecule has 12 heteroatoms. The molecule has 1 unspecified atom stereocenters. The van der Waals surface area contributed by atoms with Crippen LogP contribution < -0.4 is 15.4 Å². The molecule has 1 aromatic heterocycles. The van der Waals surface area contributed by atoms with Gasteiger partial charge in [0.25, 0.3) is 0 Å². The summed E-state index contributed by atoms with van der Waals surface area (Å²) < 4.78 is 11.8. The van der Waals surface area contributed by atoms with Crippen LogP contribution in [0.4, 0.5) is 10.6 Å². The number of nitrogens with one attached hydrogen (secondary N) is 2. The van der Waals surface area contributed by atoms with Crippen LogP contribution >= 0.6 is 15.9 Å². The number of rotatable bonds is 7. The number of hydrogen-bond acceptors (Lipinski definition) is 7. The Morgan fingerprint density at radius 1 is 1.37 bits per heavy atom. The number of allylic oxidation sites excluding steroid dienone is 1. The zero-order valence-electron chi connectivity index (χ0n) is 16.0. The van der Waals surface area contributed by atoms with E-state index in [4.69, 9.17) is 9.47 Å². The van der Waals surface area contributed by atoms with Gasteiger partial charge in [-0.05, 0) is 45.5 Å². The lowest BCUT2D eigenvalue weighted by molar-refractivity contribution is -0.390. The number of amides is 2. The number of carbonyl (C=O) groups is 2. The van der Waals surface area contributed by atoms with Gasteiger partial charge in [-0.3, -0.25) is 0 Å². The number of hydrogen-bond donors (Lipinski definition) is 2. The Hall–Kier alpha value is -3.41. The van der Waals surface area contributed by atoms with E-state index < -0.39 is 23.0 Å². The van der Waals surface area contributed by atoms with Crippen molar-refractivity contribution >= 4 is 33.7 Å². The van der Waals surface area contributed by atoms with Crippen LogP contribution in [0.15, 0.2) is 46.2 Å². The number of nitro groups is 1. The van der Waals surface area contributed by atoms with Gasteiger partial charge in [0.15, 0.2) is 0 Å². The molecule has 1 atom stereocenters. The quantitative estimate of drug-likeness (QED) is 0.353. The summed E-state index contributed by atoms with van der Waals surface area (Å²) >= 11 is 3.08. The molecule has 2 amide bonds. The first-order chi connectivity index (χ1) is 14.3. The van der Waals surface area contributed by atoms with Crippen molar-refractivity contribution in [2.24, 2.45) is 0 Å². The SMILES string of the molecule is CCOC(=O)C1=C(Cn2cc(Br)c([N+](=O)[O-])n2)NC(=O)NC1c1ccc(OC)cc1. The third-order valence-electron chi connectivity index (χ3n) is 4.29. The number of methoxy groups -OCH3 is 1. The molecule has 0 spiro atoms. The van der Waals surface area contributed by atoms with Gasteiger partial charge < -0.3 is 30.2 Å². The van der Waals surface area contributed by atoms with E-state index in [1.165, 1.54) is 18.0 Å². The van der Waals surface area contributed by atoms with Crippen molar-refractivity contribution in [3.63, 3.8) is 0 Å². The summed E-state index contributed by atoms with van der Waals surface area (Å²) in [7, 11) is 1.53. The second-order valence-electron chi connectivity index (χ2n) is 6.17. The number of benzene rings is 1. The smallest absolute Gasteiger partial charge is 0.404 e. The lowest BCUT2D eigenvalue weighted by atomic mass is 9.95. The maximum atomic E-state index is 12.7. The van der Waals surface area contributed by atoms with E-state index >= 15 is 0 Å². The van der Waals surface area contributed by atoms with Crippen molar-refractivity contribution in [1.82, 2.24) is 20.4 Å². The van der Waals surface area contributed by atoms with E-state index in [1.807, 2.05) is 0 Å². The molecule has 0 saturated heterocycles. The van der Waals surface area contributed by atoms with Gasteiger partial charge in [-0.15, -0.1) is 0 Å². The second kappa shape index (κ2) is 8.95. The van der Waals surface area contributed by atoms with Gasteiger partial charge in [0.05, 0.1) is 42.3 Å². The number of carbonyl (C=O) groups excluding carboxylic acids is 2. The number of aromatic nitrogens is 2. The number of esters is 1. The summed E-state index contributed by atoms with van der Waals surface area (Å²) in [6, 6.07) is 5.55. The molecule has 1 aliphatic rings. The number of nitrogens with zero attached hydrogens (tertiary/aromatic N) is 3. The van der Waals surface area contributed by atoms with Crippen LogP contribution in [0.1, 0.15) is 18.5 Å². The molecular weight excluding hydrogens is 462 g/mol. The highest BCUT2D eigenvalue weighted by atomic mass is 79.9. The fraction of sp³-hybridized carbons (Fsp3) is 0.278. The molecule has 3 rings (SSSR count). The maximum Gasteiger partial charge on any atom is 0.404 e. The fourth-order valence-electron chi connectivity index (χ4n) is 2.99. The van der Waals surface area contributed by atoms with Gasteiger partial charge in [-0.1, -0.05) is 12.1 Å². The normalized spacial score (nSPS) is 16.0. The second-order valence-corrected chi connectivity index (χ2v) is 7.03. The molecule has 0 saturated carbocycles. The Labute approximate surface area is 179 Å². The van der Waals surface area contributed by atoms with Crippen LogP contribution in [0.3, 0.4) is 0 Å². The maximum absolute atomic E-state index is 12.7. The summed E-state index contributed by atoms with van der Waals surface area (Å²) in [4.78, 5) is 35.5.